The SMILES string of the molecule is N#CCC[C@@H](NC(=O)c1cccc(F)c1F)C(N)=O. The van der Waals surface area contributed by atoms with Gasteiger partial charge in [0.2, 0.25) is 5.91 Å². The van der Waals surface area contributed by atoms with E-state index in [9.17, 15) is 18.4 Å². The predicted molar refractivity (Wildman–Crippen MR) is 61.7 cm³/mol. The zero-order chi connectivity index (χ0) is 14.4. The highest BCUT2D eigenvalue weighted by molar-refractivity contribution is 5.97. The first-order valence-electron chi connectivity index (χ1n) is 5.38. The van der Waals surface area contributed by atoms with E-state index in [0.717, 1.165) is 12.1 Å². The molecule has 0 saturated heterocycles. The van der Waals surface area contributed by atoms with Crippen molar-refractivity contribution in [1.29, 1.82) is 5.26 Å². The van der Waals surface area contributed by atoms with Gasteiger partial charge in [0, 0.05) is 6.42 Å². The second kappa shape index (κ2) is 6.44. The van der Waals surface area contributed by atoms with Gasteiger partial charge in [-0.15, -0.1) is 0 Å². The second-order valence-corrected chi connectivity index (χ2v) is 3.73. The fourth-order valence-electron chi connectivity index (χ4n) is 1.41. The van der Waals surface area contributed by atoms with E-state index in [0.29, 0.717) is 0 Å². The molecule has 1 aromatic rings. The zero-order valence-corrected chi connectivity index (χ0v) is 9.82. The van der Waals surface area contributed by atoms with Crippen LogP contribution in [0.25, 0.3) is 0 Å². The summed E-state index contributed by atoms with van der Waals surface area (Å²) in [5.74, 6) is -4.28. The monoisotopic (exact) mass is 267 g/mol. The van der Waals surface area contributed by atoms with E-state index in [4.69, 9.17) is 11.0 Å². The maximum atomic E-state index is 13.4. The third-order valence-electron chi connectivity index (χ3n) is 2.39. The number of halogens is 2. The van der Waals surface area contributed by atoms with Crippen molar-refractivity contribution in [3.63, 3.8) is 0 Å². The molecule has 0 aliphatic heterocycles. The number of primary amides is 1. The van der Waals surface area contributed by atoms with Crippen LogP contribution in [-0.2, 0) is 4.79 Å². The Bertz CT molecular complexity index is 540. The van der Waals surface area contributed by atoms with Gasteiger partial charge in [0.1, 0.15) is 6.04 Å². The first-order valence-corrected chi connectivity index (χ1v) is 5.38. The average molecular weight is 267 g/mol. The summed E-state index contributed by atoms with van der Waals surface area (Å²) in [7, 11) is 0. The fourth-order valence-corrected chi connectivity index (χ4v) is 1.41. The molecular formula is C12H11F2N3O2. The summed E-state index contributed by atoms with van der Waals surface area (Å²) >= 11 is 0. The molecule has 0 aliphatic rings. The van der Waals surface area contributed by atoms with Gasteiger partial charge in [-0.25, -0.2) is 8.78 Å². The highest BCUT2D eigenvalue weighted by Crippen LogP contribution is 2.11. The molecule has 100 valence electrons. The Morgan fingerprint density at radius 1 is 1.42 bits per heavy atom. The molecule has 0 bridgehead atoms. The molecule has 0 aliphatic carbocycles. The molecule has 0 saturated carbocycles. The van der Waals surface area contributed by atoms with E-state index < -0.39 is 35.1 Å². The van der Waals surface area contributed by atoms with E-state index >= 15 is 0 Å². The number of amides is 2. The second-order valence-electron chi connectivity index (χ2n) is 3.73. The molecule has 0 radical (unpaired) electrons. The molecule has 0 heterocycles. The van der Waals surface area contributed by atoms with Crippen molar-refractivity contribution in [3.8, 4) is 6.07 Å². The summed E-state index contributed by atoms with van der Waals surface area (Å²) in [5.41, 5.74) is 4.52. The van der Waals surface area contributed by atoms with Gasteiger partial charge < -0.3 is 11.1 Å². The van der Waals surface area contributed by atoms with Crippen molar-refractivity contribution in [2.75, 3.05) is 0 Å². The topological polar surface area (TPSA) is 96.0 Å². The van der Waals surface area contributed by atoms with Gasteiger partial charge in [0.05, 0.1) is 11.6 Å². The Morgan fingerprint density at radius 2 is 2.11 bits per heavy atom. The molecule has 1 atom stereocenters. The predicted octanol–water partition coefficient (Wildman–Crippen LogP) is 0.852. The van der Waals surface area contributed by atoms with E-state index in [1.54, 1.807) is 6.07 Å². The fraction of sp³-hybridized carbons (Fsp3) is 0.250. The summed E-state index contributed by atoms with van der Waals surface area (Å²) in [4.78, 5) is 22.7. The van der Waals surface area contributed by atoms with Crippen LogP contribution in [-0.4, -0.2) is 17.9 Å². The standard InChI is InChI=1S/C12H11F2N3O2/c13-8-4-1-3-7(10(8)14)12(19)17-9(11(16)18)5-2-6-15/h1,3-4,9H,2,5H2,(H2,16,18)(H,17,19)/t9-/m1/s1. The Hall–Kier alpha value is -2.49. The zero-order valence-electron chi connectivity index (χ0n) is 9.82. The number of benzene rings is 1. The van der Waals surface area contributed by atoms with Crippen molar-refractivity contribution >= 4 is 11.8 Å². The van der Waals surface area contributed by atoms with Crippen molar-refractivity contribution in [2.24, 2.45) is 5.73 Å². The number of carbonyl (C=O) groups is 2. The number of nitriles is 1. The maximum Gasteiger partial charge on any atom is 0.255 e. The van der Waals surface area contributed by atoms with Gasteiger partial charge in [-0.1, -0.05) is 6.07 Å². The molecule has 1 rings (SSSR count). The molecule has 5 nitrogen and oxygen atoms in total. The van der Waals surface area contributed by atoms with E-state index in [1.165, 1.54) is 6.07 Å². The maximum absolute atomic E-state index is 13.4. The van der Waals surface area contributed by atoms with Gasteiger partial charge in [0.25, 0.3) is 5.91 Å². The van der Waals surface area contributed by atoms with Crippen molar-refractivity contribution < 1.29 is 18.4 Å². The molecule has 0 fully saturated rings. The van der Waals surface area contributed by atoms with Crippen LogP contribution in [0.2, 0.25) is 0 Å². The first-order chi connectivity index (χ1) is 8.97. The van der Waals surface area contributed by atoms with E-state index in [1.807, 2.05) is 0 Å². The molecule has 3 N–H and O–H groups in total. The Kier molecular flexibility index (Phi) is 4.94. The van der Waals surface area contributed by atoms with Gasteiger partial charge >= 0.3 is 0 Å². The highest BCUT2D eigenvalue weighted by Gasteiger charge is 2.21. The van der Waals surface area contributed by atoms with Crippen molar-refractivity contribution in [2.45, 2.75) is 18.9 Å². The van der Waals surface area contributed by atoms with Crippen LogP contribution in [0.3, 0.4) is 0 Å². The lowest BCUT2D eigenvalue weighted by atomic mass is 10.1. The molecule has 1 aromatic carbocycles. The van der Waals surface area contributed by atoms with Gasteiger partial charge in [-0.05, 0) is 18.6 Å². The number of carbonyl (C=O) groups excluding carboxylic acids is 2. The van der Waals surface area contributed by atoms with Gasteiger partial charge in [-0.3, -0.25) is 9.59 Å². The minimum Gasteiger partial charge on any atom is -0.368 e. The minimum atomic E-state index is -1.30. The number of nitrogens with one attached hydrogen (secondary N) is 1. The highest BCUT2D eigenvalue weighted by atomic mass is 19.2. The van der Waals surface area contributed by atoms with Crippen LogP contribution in [0.15, 0.2) is 18.2 Å². The summed E-state index contributed by atoms with van der Waals surface area (Å²) in [5, 5.41) is 10.6. The Morgan fingerprint density at radius 3 is 2.68 bits per heavy atom. The summed E-state index contributed by atoms with van der Waals surface area (Å²) in [6.45, 7) is 0. The number of hydrogen-bond acceptors (Lipinski definition) is 3. The van der Waals surface area contributed by atoms with Gasteiger partial charge in [-0.2, -0.15) is 5.26 Å². The minimum absolute atomic E-state index is 0.000477. The van der Waals surface area contributed by atoms with E-state index in [-0.39, 0.29) is 12.8 Å². The average Bonchev–Trinajstić information content (AvgIpc) is 2.37. The normalized spacial score (nSPS) is 11.4. The molecule has 0 spiro atoms. The summed E-state index contributed by atoms with van der Waals surface area (Å²) < 4.78 is 26.3. The van der Waals surface area contributed by atoms with Crippen LogP contribution >= 0.6 is 0 Å². The van der Waals surface area contributed by atoms with Crippen LogP contribution < -0.4 is 11.1 Å². The lowest BCUT2D eigenvalue weighted by Gasteiger charge is -2.14. The smallest absolute Gasteiger partial charge is 0.255 e. The van der Waals surface area contributed by atoms with Crippen LogP contribution in [0, 0.1) is 23.0 Å². The quantitative estimate of drug-likeness (QED) is 0.827. The van der Waals surface area contributed by atoms with Crippen molar-refractivity contribution in [3.05, 3.63) is 35.4 Å². The van der Waals surface area contributed by atoms with Crippen LogP contribution in [0.1, 0.15) is 23.2 Å². The third-order valence-corrected chi connectivity index (χ3v) is 2.39. The molecule has 0 aromatic heterocycles. The van der Waals surface area contributed by atoms with Crippen molar-refractivity contribution in [1.82, 2.24) is 5.32 Å². The first kappa shape index (κ1) is 14.6. The van der Waals surface area contributed by atoms with Gasteiger partial charge in [0.15, 0.2) is 11.6 Å². The molecule has 7 heteroatoms. The lowest BCUT2D eigenvalue weighted by Crippen LogP contribution is -2.44. The van der Waals surface area contributed by atoms with Crippen LogP contribution in [0.4, 0.5) is 8.78 Å². The largest absolute Gasteiger partial charge is 0.368 e. The summed E-state index contributed by atoms with van der Waals surface area (Å²) in [6.07, 6.45) is 0.00796. The number of nitrogens with zero attached hydrogens (tertiary/aromatic N) is 1. The van der Waals surface area contributed by atoms with E-state index in [2.05, 4.69) is 5.32 Å². The number of hydrogen-bond donors (Lipinski definition) is 2. The molecule has 0 unspecified atom stereocenters. The molecular weight excluding hydrogens is 256 g/mol. The Balaban J connectivity index is 2.85. The summed E-state index contributed by atoms with van der Waals surface area (Å²) in [6, 6.07) is 3.81. The Labute approximate surface area is 108 Å². The van der Waals surface area contributed by atoms with Crippen LogP contribution in [0.5, 0.6) is 0 Å². The molecule has 19 heavy (non-hydrogen) atoms. The third kappa shape index (κ3) is 3.74. The number of rotatable bonds is 5. The lowest BCUT2D eigenvalue weighted by molar-refractivity contribution is -0.119. The number of nitrogens with two attached hydrogens (primary N) is 1. The molecule has 2 amide bonds.